The van der Waals surface area contributed by atoms with Gasteiger partial charge in [-0.05, 0) is 24.6 Å². The fourth-order valence-corrected chi connectivity index (χ4v) is 1.22. The Hall–Kier alpha value is -1.22. The Morgan fingerprint density at radius 3 is 2.93 bits per heavy atom. The van der Waals surface area contributed by atoms with Crippen molar-refractivity contribution in [1.82, 2.24) is 0 Å². The maximum absolute atomic E-state index is 11.2. The molecular formula is C10H12ClNO2. The number of aromatic hydroxyl groups is 1. The molecule has 0 aliphatic carbocycles. The van der Waals surface area contributed by atoms with Gasteiger partial charge < -0.3 is 10.4 Å². The van der Waals surface area contributed by atoms with Crippen LogP contribution in [0.3, 0.4) is 0 Å². The van der Waals surface area contributed by atoms with E-state index < -0.39 is 0 Å². The first kappa shape index (κ1) is 10.9. The molecule has 2 N–H and O–H groups in total. The largest absolute Gasteiger partial charge is 0.506 e. The molecule has 0 unspecified atom stereocenters. The second-order valence-corrected chi connectivity index (χ2v) is 3.39. The molecule has 0 radical (unpaired) electrons. The van der Waals surface area contributed by atoms with Crippen LogP contribution >= 0.6 is 11.6 Å². The summed E-state index contributed by atoms with van der Waals surface area (Å²) < 4.78 is 0. The lowest BCUT2D eigenvalue weighted by Gasteiger charge is -2.06. The first-order chi connectivity index (χ1) is 6.63. The van der Waals surface area contributed by atoms with E-state index in [1.54, 1.807) is 18.2 Å². The number of carbonyl (C=O) groups is 1. The molecule has 1 aromatic rings. The fourth-order valence-electron chi connectivity index (χ4n) is 1.05. The molecule has 76 valence electrons. The van der Waals surface area contributed by atoms with Crippen LogP contribution < -0.4 is 5.32 Å². The zero-order valence-corrected chi connectivity index (χ0v) is 8.64. The number of halogens is 1. The highest BCUT2D eigenvalue weighted by atomic mass is 35.5. The molecule has 0 saturated heterocycles. The van der Waals surface area contributed by atoms with Crippen molar-refractivity contribution >= 4 is 23.2 Å². The van der Waals surface area contributed by atoms with Crippen LogP contribution in [0.25, 0.3) is 0 Å². The lowest BCUT2D eigenvalue weighted by atomic mass is 10.2. The van der Waals surface area contributed by atoms with E-state index in [0.717, 1.165) is 5.56 Å². The number of hydrogen-bond acceptors (Lipinski definition) is 2. The van der Waals surface area contributed by atoms with Crippen molar-refractivity contribution in [1.29, 1.82) is 0 Å². The summed E-state index contributed by atoms with van der Waals surface area (Å²) in [6.45, 7) is 1.89. The van der Waals surface area contributed by atoms with Crippen molar-refractivity contribution in [2.24, 2.45) is 0 Å². The number of hydrogen-bond donors (Lipinski definition) is 2. The lowest BCUT2D eigenvalue weighted by Crippen LogP contribution is -2.11. The number of phenolic OH excluding ortho intramolecular Hbond substituents is 1. The van der Waals surface area contributed by atoms with Crippen LogP contribution in [0, 0.1) is 6.92 Å². The van der Waals surface area contributed by atoms with Crippen molar-refractivity contribution in [3.05, 3.63) is 23.8 Å². The number of phenols is 1. The molecule has 0 bridgehead atoms. The second-order valence-electron chi connectivity index (χ2n) is 3.01. The highest BCUT2D eigenvalue weighted by Gasteiger charge is 2.05. The zero-order valence-electron chi connectivity index (χ0n) is 7.88. The summed E-state index contributed by atoms with van der Waals surface area (Å²) in [4.78, 5) is 11.2. The number of anilines is 1. The molecular weight excluding hydrogens is 202 g/mol. The molecule has 0 aromatic heterocycles. The van der Waals surface area contributed by atoms with Gasteiger partial charge in [-0.2, -0.15) is 0 Å². The number of rotatable bonds is 3. The molecule has 0 spiro atoms. The minimum atomic E-state index is -0.194. The summed E-state index contributed by atoms with van der Waals surface area (Å²) in [6.07, 6.45) is 0.245. The molecule has 0 heterocycles. The van der Waals surface area contributed by atoms with Gasteiger partial charge in [0.15, 0.2) is 0 Å². The molecule has 0 saturated carbocycles. The van der Waals surface area contributed by atoms with E-state index in [4.69, 9.17) is 11.6 Å². The van der Waals surface area contributed by atoms with E-state index >= 15 is 0 Å². The highest BCUT2D eigenvalue weighted by molar-refractivity contribution is 6.19. The molecule has 1 aromatic carbocycles. The Kier molecular flexibility index (Phi) is 3.77. The Balaban J connectivity index is 2.75. The Bertz CT molecular complexity index is 339. The summed E-state index contributed by atoms with van der Waals surface area (Å²) >= 11 is 5.41. The average molecular weight is 214 g/mol. The van der Waals surface area contributed by atoms with E-state index in [0.29, 0.717) is 5.69 Å². The third-order valence-corrected chi connectivity index (χ3v) is 1.94. The van der Waals surface area contributed by atoms with Gasteiger partial charge in [-0.1, -0.05) is 6.07 Å². The lowest BCUT2D eigenvalue weighted by molar-refractivity contribution is -0.115. The van der Waals surface area contributed by atoms with Gasteiger partial charge >= 0.3 is 0 Å². The SMILES string of the molecule is Cc1ccc(O)c(NC(=O)CCCl)c1. The number of aryl methyl sites for hydroxylation is 1. The Morgan fingerprint density at radius 1 is 1.57 bits per heavy atom. The Labute approximate surface area is 87.7 Å². The first-order valence-electron chi connectivity index (χ1n) is 4.29. The molecule has 0 atom stereocenters. The average Bonchev–Trinajstić information content (AvgIpc) is 2.12. The molecule has 1 rings (SSSR count). The van der Waals surface area contributed by atoms with E-state index in [1.165, 1.54) is 0 Å². The number of benzene rings is 1. The third kappa shape index (κ3) is 2.92. The standard InChI is InChI=1S/C10H12ClNO2/c1-7-2-3-9(13)8(6-7)12-10(14)4-5-11/h2-3,6,13H,4-5H2,1H3,(H,12,14). The highest BCUT2D eigenvalue weighted by Crippen LogP contribution is 2.23. The monoisotopic (exact) mass is 213 g/mol. The van der Waals surface area contributed by atoms with Gasteiger partial charge in [-0.25, -0.2) is 0 Å². The summed E-state index contributed by atoms with van der Waals surface area (Å²) in [7, 11) is 0. The molecule has 1 amide bonds. The van der Waals surface area contributed by atoms with Gasteiger partial charge in [-0.15, -0.1) is 11.6 Å². The second kappa shape index (κ2) is 4.86. The van der Waals surface area contributed by atoms with E-state index in [9.17, 15) is 9.90 Å². The summed E-state index contributed by atoms with van der Waals surface area (Å²) in [5.41, 5.74) is 1.41. The van der Waals surface area contributed by atoms with Crippen molar-refractivity contribution < 1.29 is 9.90 Å². The van der Waals surface area contributed by atoms with Gasteiger partial charge in [0.2, 0.25) is 5.91 Å². The fraction of sp³-hybridized carbons (Fsp3) is 0.300. The van der Waals surface area contributed by atoms with Gasteiger partial charge in [0.25, 0.3) is 0 Å². The van der Waals surface area contributed by atoms with Gasteiger partial charge in [0.1, 0.15) is 5.75 Å². The van der Waals surface area contributed by atoms with Crippen LogP contribution in [0.5, 0.6) is 5.75 Å². The number of carbonyl (C=O) groups excluding carboxylic acids is 1. The summed E-state index contributed by atoms with van der Waals surface area (Å²) in [5.74, 6) is 0.151. The molecule has 14 heavy (non-hydrogen) atoms. The van der Waals surface area contributed by atoms with Crippen LogP contribution in [-0.2, 0) is 4.79 Å². The van der Waals surface area contributed by atoms with Crippen LogP contribution in [-0.4, -0.2) is 16.9 Å². The third-order valence-electron chi connectivity index (χ3n) is 1.75. The van der Waals surface area contributed by atoms with Crippen molar-refractivity contribution in [3.63, 3.8) is 0 Å². The van der Waals surface area contributed by atoms with Crippen LogP contribution in [0.4, 0.5) is 5.69 Å². The molecule has 3 nitrogen and oxygen atoms in total. The minimum absolute atomic E-state index is 0.0681. The smallest absolute Gasteiger partial charge is 0.225 e. The number of amides is 1. The zero-order chi connectivity index (χ0) is 10.6. The number of alkyl halides is 1. The first-order valence-corrected chi connectivity index (χ1v) is 4.82. The van der Waals surface area contributed by atoms with Crippen LogP contribution in [0.2, 0.25) is 0 Å². The molecule has 0 aliphatic heterocycles. The molecule has 4 heteroatoms. The predicted molar refractivity (Wildman–Crippen MR) is 56.8 cm³/mol. The van der Waals surface area contributed by atoms with E-state index in [-0.39, 0.29) is 24.0 Å². The maximum atomic E-state index is 11.2. The molecule has 0 aliphatic rings. The van der Waals surface area contributed by atoms with Gasteiger partial charge in [0, 0.05) is 12.3 Å². The summed E-state index contributed by atoms with van der Waals surface area (Å²) in [6, 6.07) is 5.03. The van der Waals surface area contributed by atoms with Crippen LogP contribution in [0.1, 0.15) is 12.0 Å². The van der Waals surface area contributed by atoms with Crippen molar-refractivity contribution in [3.8, 4) is 5.75 Å². The predicted octanol–water partition coefficient (Wildman–Crippen LogP) is 2.27. The summed E-state index contributed by atoms with van der Waals surface area (Å²) in [5, 5.41) is 12.0. The van der Waals surface area contributed by atoms with Crippen LogP contribution in [0.15, 0.2) is 18.2 Å². The topological polar surface area (TPSA) is 49.3 Å². The quantitative estimate of drug-likeness (QED) is 0.598. The van der Waals surface area contributed by atoms with Gasteiger partial charge in [0.05, 0.1) is 5.69 Å². The van der Waals surface area contributed by atoms with E-state index in [1.807, 2.05) is 6.92 Å². The maximum Gasteiger partial charge on any atom is 0.225 e. The normalized spacial score (nSPS) is 9.86. The minimum Gasteiger partial charge on any atom is -0.506 e. The van der Waals surface area contributed by atoms with Crippen molar-refractivity contribution in [2.75, 3.05) is 11.2 Å². The van der Waals surface area contributed by atoms with E-state index in [2.05, 4.69) is 5.32 Å². The van der Waals surface area contributed by atoms with Gasteiger partial charge in [-0.3, -0.25) is 4.79 Å². The molecule has 0 fully saturated rings. The number of nitrogens with one attached hydrogen (secondary N) is 1. The Morgan fingerprint density at radius 2 is 2.29 bits per heavy atom. The van der Waals surface area contributed by atoms with Crippen molar-refractivity contribution in [2.45, 2.75) is 13.3 Å².